The van der Waals surface area contributed by atoms with E-state index in [1.165, 1.54) is 6.07 Å². The van der Waals surface area contributed by atoms with Gasteiger partial charge in [0.05, 0.1) is 8.49 Å². The summed E-state index contributed by atoms with van der Waals surface area (Å²) < 4.78 is 0.205. The molecule has 0 aliphatic heterocycles. The lowest BCUT2D eigenvalue weighted by atomic mass is 10.1. The second-order valence-electron chi connectivity index (χ2n) is 2.64. The number of nitro benzene ring substituents is 1. The van der Waals surface area contributed by atoms with Crippen molar-refractivity contribution in [3.05, 3.63) is 36.9 Å². The lowest BCUT2D eigenvalue weighted by Gasteiger charge is -2.02. The summed E-state index contributed by atoms with van der Waals surface area (Å²) in [5, 5.41) is 10.7. The zero-order valence-electron chi connectivity index (χ0n) is 7.27. The number of nitrogens with two attached hydrogens (primary N) is 1. The number of rotatable bonds is 3. The van der Waals surface area contributed by atoms with E-state index in [0.717, 1.165) is 6.07 Å². The lowest BCUT2D eigenvalue weighted by Crippen LogP contribution is -2.14. The van der Waals surface area contributed by atoms with E-state index >= 15 is 0 Å². The first kappa shape index (κ1) is 11.6. The second kappa shape index (κ2) is 4.34. The summed E-state index contributed by atoms with van der Waals surface area (Å²) in [4.78, 5) is 31.4. The molecule has 1 rings (SSSR count). The van der Waals surface area contributed by atoms with Crippen LogP contribution in [0, 0.1) is 13.7 Å². The summed E-state index contributed by atoms with van der Waals surface area (Å²) in [6, 6.07) is 2.42. The number of primary amides is 1. The van der Waals surface area contributed by atoms with Crippen molar-refractivity contribution in [3.8, 4) is 0 Å². The molecule has 1 aromatic carbocycles. The molecule has 78 valence electrons. The van der Waals surface area contributed by atoms with Gasteiger partial charge in [-0.3, -0.25) is 19.7 Å². The fraction of sp³-hybridized carbons (Fsp3) is 0. The van der Waals surface area contributed by atoms with Gasteiger partial charge in [0.25, 0.3) is 11.6 Å². The number of hydrogen-bond donors (Lipinski definition) is 1. The maximum atomic E-state index is 10.9. The zero-order valence-corrected chi connectivity index (χ0v) is 9.43. The molecule has 1 amide bonds. The van der Waals surface area contributed by atoms with Crippen LogP contribution in [0.2, 0.25) is 0 Å². The first-order valence-corrected chi connectivity index (χ1v) is 4.78. The summed E-state index contributed by atoms with van der Waals surface area (Å²) in [6.45, 7) is 0. The molecule has 6 nitrogen and oxygen atoms in total. The summed E-state index contributed by atoms with van der Waals surface area (Å²) in [6.07, 6.45) is 0.498. The van der Waals surface area contributed by atoms with Crippen molar-refractivity contribution in [2.45, 2.75) is 0 Å². The molecule has 0 atom stereocenters. The van der Waals surface area contributed by atoms with Gasteiger partial charge in [0.2, 0.25) is 0 Å². The molecule has 0 radical (unpaired) electrons. The molecular weight excluding hydrogens is 315 g/mol. The van der Waals surface area contributed by atoms with Crippen LogP contribution in [0.3, 0.4) is 0 Å². The van der Waals surface area contributed by atoms with Crippen molar-refractivity contribution < 1.29 is 14.5 Å². The molecule has 1 aromatic rings. The molecule has 0 aliphatic rings. The Morgan fingerprint density at radius 1 is 1.53 bits per heavy atom. The topological polar surface area (TPSA) is 103 Å². The maximum absolute atomic E-state index is 10.9. The van der Waals surface area contributed by atoms with Gasteiger partial charge >= 0.3 is 0 Å². The number of benzene rings is 1. The summed E-state index contributed by atoms with van der Waals surface area (Å²) in [7, 11) is 0. The minimum Gasteiger partial charge on any atom is -0.365 e. The Morgan fingerprint density at radius 3 is 2.53 bits per heavy atom. The van der Waals surface area contributed by atoms with Crippen LogP contribution in [-0.2, 0) is 0 Å². The summed E-state index contributed by atoms with van der Waals surface area (Å²) >= 11 is 1.68. The average Bonchev–Trinajstić information content (AvgIpc) is 2.15. The van der Waals surface area contributed by atoms with E-state index in [9.17, 15) is 19.7 Å². The number of amides is 1. The van der Waals surface area contributed by atoms with Crippen LogP contribution in [0.25, 0.3) is 0 Å². The first-order valence-electron chi connectivity index (χ1n) is 3.70. The van der Waals surface area contributed by atoms with E-state index in [1.54, 1.807) is 22.6 Å². The highest BCUT2D eigenvalue weighted by Crippen LogP contribution is 2.26. The molecule has 0 spiro atoms. The van der Waals surface area contributed by atoms with Crippen molar-refractivity contribution >= 4 is 40.5 Å². The summed E-state index contributed by atoms with van der Waals surface area (Å²) in [5.41, 5.74) is 4.54. The molecule has 0 unspecified atom stereocenters. The minimum absolute atomic E-state index is 0.179. The largest absolute Gasteiger partial charge is 0.365 e. The Morgan fingerprint density at radius 2 is 2.13 bits per heavy atom. The van der Waals surface area contributed by atoms with E-state index in [-0.39, 0.29) is 20.4 Å². The standard InChI is InChI=1S/C8H5IN2O4/c9-6-2-4(3-12)1-5(8(10)13)7(6)11(14)15/h1-3H,(H2,10,13). The van der Waals surface area contributed by atoms with Gasteiger partial charge in [-0.1, -0.05) is 0 Å². The van der Waals surface area contributed by atoms with Crippen LogP contribution in [0.4, 0.5) is 5.69 Å². The number of carbonyl (C=O) groups is 2. The number of halogens is 1. The Kier molecular flexibility index (Phi) is 3.35. The minimum atomic E-state index is -0.927. The maximum Gasteiger partial charge on any atom is 0.295 e. The van der Waals surface area contributed by atoms with Gasteiger partial charge in [-0.15, -0.1) is 0 Å². The number of nitro groups is 1. The van der Waals surface area contributed by atoms with Crippen LogP contribution >= 0.6 is 22.6 Å². The molecule has 7 heteroatoms. The van der Waals surface area contributed by atoms with Gasteiger partial charge in [0.15, 0.2) is 0 Å². The summed E-state index contributed by atoms with van der Waals surface area (Å²) in [5.74, 6) is -0.927. The highest BCUT2D eigenvalue weighted by Gasteiger charge is 2.22. The van der Waals surface area contributed by atoms with E-state index in [0.29, 0.717) is 6.29 Å². The molecule has 0 fully saturated rings. The number of aldehydes is 1. The smallest absolute Gasteiger partial charge is 0.295 e. The average molecular weight is 320 g/mol. The number of nitrogens with zero attached hydrogens (tertiary/aromatic N) is 1. The van der Waals surface area contributed by atoms with E-state index < -0.39 is 10.8 Å². The Hall–Kier alpha value is -1.51. The third-order valence-corrected chi connectivity index (χ3v) is 2.49. The molecule has 0 saturated heterocycles. The normalized spacial score (nSPS) is 9.67. The molecule has 2 N–H and O–H groups in total. The zero-order chi connectivity index (χ0) is 11.6. The molecule has 0 aliphatic carbocycles. The number of hydrogen-bond acceptors (Lipinski definition) is 4. The Balaban J connectivity index is 3.56. The monoisotopic (exact) mass is 320 g/mol. The van der Waals surface area contributed by atoms with Crippen LogP contribution < -0.4 is 5.73 Å². The highest BCUT2D eigenvalue weighted by atomic mass is 127. The third-order valence-electron chi connectivity index (χ3n) is 1.67. The van der Waals surface area contributed by atoms with Gasteiger partial charge in [0.1, 0.15) is 11.8 Å². The quantitative estimate of drug-likeness (QED) is 0.390. The van der Waals surface area contributed by atoms with Crippen LogP contribution in [0.5, 0.6) is 0 Å². The first-order chi connectivity index (χ1) is 6.97. The van der Waals surface area contributed by atoms with Gasteiger partial charge in [-0.2, -0.15) is 0 Å². The van der Waals surface area contributed by atoms with Crippen molar-refractivity contribution in [2.75, 3.05) is 0 Å². The van der Waals surface area contributed by atoms with E-state index in [1.807, 2.05) is 0 Å². The number of carbonyl (C=O) groups excluding carboxylic acids is 2. The van der Waals surface area contributed by atoms with Crippen LogP contribution in [-0.4, -0.2) is 17.1 Å². The third kappa shape index (κ3) is 2.29. The van der Waals surface area contributed by atoms with Gasteiger partial charge in [-0.25, -0.2) is 0 Å². The Labute approximate surface area is 97.7 Å². The van der Waals surface area contributed by atoms with Gasteiger partial charge < -0.3 is 5.73 Å². The van der Waals surface area contributed by atoms with Gasteiger partial charge in [0, 0.05) is 5.56 Å². The predicted octanol–water partition coefficient (Wildman–Crippen LogP) is 1.11. The fourth-order valence-electron chi connectivity index (χ4n) is 1.06. The highest BCUT2D eigenvalue weighted by molar-refractivity contribution is 14.1. The molecule has 0 saturated carbocycles. The van der Waals surface area contributed by atoms with Crippen molar-refractivity contribution in [2.24, 2.45) is 5.73 Å². The molecular formula is C8H5IN2O4. The van der Waals surface area contributed by atoms with Crippen LogP contribution in [0.15, 0.2) is 12.1 Å². The second-order valence-corrected chi connectivity index (χ2v) is 3.80. The van der Waals surface area contributed by atoms with E-state index in [2.05, 4.69) is 0 Å². The molecule has 0 aromatic heterocycles. The SMILES string of the molecule is NC(=O)c1cc(C=O)cc(I)c1[N+](=O)[O-]. The fourth-order valence-corrected chi connectivity index (χ4v) is 1.91. The molecule has 15 heavy (non-hydrogen) atoms. The van der Waals surface area contributed by atoms with E-state index in [4.69, 9.17) is 5.73 Å². The predicted molar refractivity (Wildman–Crippen MR) is 59.7 cm³/mol. The van der Waals surface area contributed by atoms with Crippen molar-refractivity contribution in [3.63, 3.8) is 0 Å². The molecule has 0 heterocycles. The molecule has 0 bridgehead atoms. The lowest BCUT2D eigenvalue weighted by molar-refractivity contribution is -0.386. The van der Waals surface area contributed by atoms with Gasteiger partial charge in [-0.05, 0) is 34.7 Å². The van der Waals surface area contributed by atoms with Crippen molar-refractivity contribution in [1.29, 1.82) is 0 Å². The Bertz CT molecular complexity index is 458. The van der Waals surface area contributed by atoms with Crippen molar-refractivity contribution in [1.82, 2.24) is 0 Å². The van der Waals surface area contributed by atoms with Crippen LogP contribution in [0.1, 0.15) is 20.7 Å².